The van der Waals surface area contributed by atoms with Crippen LogP contribution in [0.5, 0.6) is 0 Å². The smallest absolute Gasteiger partial charge is 0.312 e. The van der Waals surface area contributed by atoms with Crippen LogP contribution in [0.15, 0.2) is 24.3 Å². The molecule has 3 nitrogen and oxygen atoms in total. The molecule has 4 saturated carbocycles. The first-order valence-electron chi connectivity index (χ1n) is 8.36. The molecule has 2 unspecified atom stereocenters. The van der Waals surface area contributed by atoms with Gasteiger partial charge in [-0.25, -0.2) is 0 Å². The predicted molar refractivity (Wildman–Crippen MR) is 86.7 cm³/mol. The molecule has 0 saturated heterocycles. The van der Waals surface area contributed by atoms with Crippen LogP contribution in [0.25, 0.3) is 0 Å². The number of esters is 1. The van der Waals surface area contributed by atoms with Gasteiger partial charge in [0.15, 0.2) is 0 Å². The molecule has 0 aliphatic heterocycles. The van der Waals surface area contributed by atoms with Gasteiger partial charge in [0.05, 0.1) is 17.0 Å². The van der Waals surface area contributed by atoms with Crippen molar-refractivity contribution in [1.82, 2.24) is 0 Å². The van der Waals surface area contributed by atoms with Crippen molar-refractivity contribution < 1.29 is 9.53 Å². The molecular weight excluding hydrogens is 310 g/mol. The van der Waals surface area contributed by atoms with Gasteiger partial charge in [0.2, 0.25) is 0 Å². The lowest BCUT2D eigenvalue weighted by atomic mass is 9.49. The van der Waals surface area contributed by atoms with E-state index in [9.17, 15) is 4.79 Å². The highest BCUT2D eigenvalue weighted by molar-refractivity contribution is 6.24. The van der Waals surface area contributed by atoms with Crippen LogP contribution in [0.1, 0.15) is 49.7 Å². The van der Waals surface area contributed by atoms with Gasteiger partial charge < -0.3 is 4.74 Å². The van der Waals surface area contributed by atoms with Crippen LogP contribution < -0.4 is 0 Å². The number of rotatable bonds is 3. The summed E-state index contributed by atoms with van der Waals surface area (Å²) in [6, 6.07) is 9.42. The van der Waals surface area contributed by atoms with E-state index in [1.54, 1.807) is 6.07 Å². The van der Waals surface area contributed by atoms with Crippen LogP contribution in [0, 0.1) is 28.6 Å². The molecule has 23 heavy (non-hydrogen) atoms. The van der Waals surface area contributed by atoms with E-state index in [-0.39, 0.29) is 22.9 Å². The normalized spacial score (nSPS) is 37.4. The SMILES string of the molecule is N#Cc1ccccc1COC(=O)C12C[C@@H]3C[C@@H](CC(Cl)(C3)C1)C2. The first-order chi connectivity index (χ1) is 11.0. The molecule has 0 radical (unpaired) electrons. The molecule has 5 rings (SSSR count). The Morgan fingerprint density at radius 3 is 2.61 bits per heavy atom. The summed E-state index contributed by atoms with van der Waals surface area (Å²) in [6.45, 7) is 0.176. The van der Waals surface area contributed by atoms with Crippen LogP contribution >= 0.6 is 11.6 Å². The second kappa shape index (κ2) is 5.24. The molecule has 0 spiro atoms. The minimum Gasteiger partial charge on any atom is -0.460 e. The second-order valence-corrected chi connectivity index (χ2v) is 8.54. The van der Waals surface area contributed by atoms with Gasteiger partial charge in [-0.2, -0.15) is 5.26 Å². The Labute approximate surface area is 141 Å². The van der Waals surface area contributed by atoms with Crippen molar-refractivity contribution in [2.75, 3.05) is 0 Å². The molecule has 4 heteroatoms. The zero-order valence-electron chi connectivity index (χ0n) is 13.1. The average Bonchev–Trinajstić information content (AvgIpc) is 2.50. The summed E-state index contributed by atoms with van der Waals surface area (Å²) in [5.41, 5.74) is 0.959. The average molecular weight is 330 g/mol. The highest BCUT2D eigenvalue weighted by atomic mass is 35.5. The third-order valence-electron chi connectivity index (χ3n) is 5.92. The maximum absolute atomic E-state index is 12.8. The Hall–Kier alpha value is -1.53. The van der Waals surface area contributed by atoms with Gasteiger partial charge >= 0.3 is 5.97 Å². The molecule has 1 aromatic carbocycles. The molecule has 0 heterocycles. The lowest BCUT2D eigenvalue weighted by Crippen LogP contribution is -2.56. The third kappa shape index (κ3) is 2.54. The van der Waals surface area contributed by atoms with Crippen molar-refractivity contribution in [3.05, 3.63) is 35.4 Å². The Balaban J connectivity index is 1.50. The number of hydrogen-bond donors (Lipinski definition) is 0. The first-order valence-corrected chi connectivity index (χ1v) is 8.74. The Morgan fingerprint density at radius 1 is 1.26 bits per heavy atom. The largest absolute Gasteiger partial charge is 0.460 e. The third-order valence-corrected chi connectivity index (χ3v) is 6.36. The van der Waals surface area contributed by atoms with Crippen molar-refractivity contribution in [2.24, 2.45) is 17.3 Å². The zero-order chi connectivity index (χ0) is 16.1. The summed E-state index contributed by atoms with van der Waals surface area (Å²) in [7, 11) is 0. The Morgan fingerprint density at radius 2 is 1.96 bits per heavy atom. The minimum atomic E-state index is -0.382. The van der Waals surface area contributed by atoms with Crippen molar-refractivity contribution in [1.29, 1.82) is 5.26 Å². The standard InChI is InChI=1S/C19H20ClNO2/c20-19-8-13-5-14(9-19)7-18(6-13,12-19)17(22)23-11-16-4-2-1-3-15(16)10-21/h1-4,13-14H,5-9,11-12H2/t13-,14+,18?,19?. The predicted octanol–water partition coefficient (Wildman–Crippen LogP) is 4.18. The van der Waals surface area contributed by atoms with E-state index in [1.165, 1.54) is 6.42 Å². The van der Waals surface area contributed by atoms with Gasteiger partial charge in [0.1, 0.15) is 6.61 Å². The lowest BCUT2D eigenvalue weighted by molar-refractivity contribution is -0.171. The number of nitriles is 1. The molecule has 0 N–H and O–H groups in total. The Bertz CT molecular complexity index is 679. The fraction of sp³-hybridized carbons (Fsp3) is 0.579. The number of ether oxygens (including phenoxy) is 1. The summed E-state index contributed by atoms with van der Waals surface area (Å²) < 4.78 is 5.65. The molecular formula is C19H20ClNO2. The van der Waals surface area contributed by atoms with E-state index in [2.05, 4.69) is 6.07 Å². The molecule has 120 valence electrons. The van der Waals surface area contributed by atoms with E-state index in [1.807, 2.05) is 18.2 Å². The molecule has 4 aliphatic rings. The quantitative estimate of drug-likeness (QED) is 0.617. The molecule has 4 bridgehead atoms. The second-order valence-electron chi connectivity index (χ2n) is 7.74. The molecule has 0 amide bonds. The van der Waals surface area contributed by atoms with Gasteiger partial charge in [-0.3, -0.25) is 4.79 Å². The molecule has 0 aromatic heterocycles. The van der Waals surface area contributed by atoms with E-state index < -0.39 is 0 Å². The van der Waals surface area contributed by atoms with Crippen LogP contribution in [-0.4, -0.2) is 10.8 Å². The molecule has 4 fully saturated rings. The van der Waals surface area contributed by atoms with Gasteiger partial charge in [-0.1, -0.05) is 18.2 Å². The van der Waals surface area contributed by atoms with Crippen LogP contribution in [0.3, 0.4) is 0 Å². The van der Waals surface area contributed by atoms with Crippen LogP contribution in [0.4, 0.5) is 0 Å². The molecule has 4 atom stereocenters. The van der Waals surface area contributed by atoms with Crippen molar-refractivity contribution >= 4 is 17.6 Å². The monoisotopic (exact) mass is 329 g/mol. The lowest BCUT2D eigenvalue weighted by Gasteiger charge is -2.58. The van der Waals surface area contributed by atoms with E-state index in [0.717, 1.165) is 37.7 Å². The summed E-state index contributed by atoms with van der Waals surface area (Å²) in [5, 5.41) is 9.14. The number of alkyl halides is 1. The van der Waals surface area contributed by atoms with Gasteiger partial charge in [-0.05, 0) is 56.4 Å². The fourth-order valence-corrected chi connectivity index (χ4v) is 6.13. The number of nitrogens with zero attached hydrogens (tertiary/aromatic N) is 1. The topological polar surface area (TPSA) is 50.1 Å². The van der Waals surface area contributed by atoms with Crippen molar-refractivity contribution in [3.8, 4) is 6.07 Å². The highest BCUT2D eigenvalue weighted by Crippen LogP contribution is 2.64. The molecule has 1 aromatic rings. The van der Waals surface area contributed by atoms with Crippen LogP contribution in [0.2, 0.25) is 0 Å². The van der Waals surface area contributed by atoms with Crippen molar-refractivity contribution in [3.63, 3.8) is 0 Å². The maximum atomic E-state index is 12.8. The fourth-order valence-electron chi connectivity index (χ4n) is 5.44. The minimum absolute atomic E-state index is 0.107. The summed E-state index contributed by atoms with van der Waals surface area (Å²) in [4.78, 5) is 12.7. The van der Waals surface area contributed by atoms with E-state index >= 15 is 0 Å². The molecule has 4 aliphatic carbocycles. The summed E-state index contributed by atoms with van der Waals surface area (Å²) >= 11 is 6.78. The Kier molecular flexibility index (Phi) is 3.43. The number of benzene rings is 1. The number of carbonyl (C=O) groups excluding carboxylic acids is 1. The first kappa shape index (κ1) is 15.0. The maximum Gasteiger partial charge on any atom is 0.312 e. The summed E-state index contributed by atoms with van der Waals surface area (Å²) in [6.07, 6.45) is 5.94. The number of carbonyl (C=O) groups is 1. The van der Waals surface area contributed by atoms with Crippen molar-refractivity contribution in [2.45, 2.75) is 50.0 Å². The van der Waals surface area contributed by atoms with E-state index in [4.69, 9.17) is 21.6 Å². The number of hydrogen-bond acceptors (Lipinski definition) is 3. The van der Waals surface area contributed by atoms with Gasteiger partial charge in [0, 0.05) is 10.4 Å². The van der Waals surface area contributed by atoms with E-state index in [0.29, 0.717) is 17.4 Å². The summed E-state index contributed by atoms with van der Waals surface area (Å²) in [5.74, 6) is 1.05. The van der Waals surface area contributed by atoms with Gasteiger partial charge in [0.25, 0.3) is 0 Å². The number of halogens is 1. The van der Waals surface area contributed by atoms with Gasteiger partial charge in [-0.15, -0.1) is 11.6 Å². The van der Waals surface area contributed by atoms with Crippen LogP contribution in [-0.2, 0) is 16.1 Å². The highest BCUT2D eigenvalue weighted by Gasteiger charge is 2.60. The zero-order valence-corrected chi connectivity index (χ0v) is 13.8.